The molecule has 1 aliphatic rings. The summed E-state index contributed by atoms with van der Waals surface area (Å²) in [6.45, 7) is 4.44. The highest BCUT2D eigenvalue weighted by atomic mass is 16.2. The second-order valence-corrected chi connectivity index (χ2v) is 5.78. The number of carbonyl (C=O) groups excluding carboxylic acids is 1. The molecule has 0 spiro atoms. The zero-order valence-electron chi connectivity index (χ0n) is 12.8. The van der Waals surface area contributed by atoms with Crippen molar-refractivity contribution in [3.05, 3.63) is 35.9 Å². The molecule has 4 heteroatoms. The minimum absolute atomic E-state index is 0.251. The Labute approximate surface area is 127 Å². The average Bonchev–Trinajstić information content (AvgIpc) is 2.77. The number of amides is 1. The third-order valence-electron chi connectivity index (χ3n) is 4.01. The van der Waals surface area contributed by atoms with Gasteiger partial charge in [0.1, 0.15) is 0 Å². The highest BCUT2D eigenvalue weighted by Gasteiger charge is 2.18. The van der Waals surface area contributed by atoms with Gasteiger partial charge in [0.15, 0.2) is 0 Å². The van der Waals surface area contributed by atoms with E-state index in [1.165, 1.54) is 18.4 Å². The minimum atomic E-state index is 0.251. The van der Waals surface area contributed by atoms with E-state index in [1.807, 2.05) is 23.1 Å². The fraction of sp³-hybridized carbons (Fsp3) is 0.588. The normalized spacial score (nSPS) is 16.0. The molecule has 1 heterocycles. The second-order valence-electron chi connectivity index (χ2n) is 5.78. The van der Waals surface area contributed by atoms with Crippen LogP contribution in [-0.4, -0.2) is 48.4 Å². The van der Waals surface area contributed by atoms with Crippen LogP contribution >= 0.6 is 0 Å². The number of likely N-dealkylation sites (tertiary alicyclic amines) is 1. The molecule has 4 nitrogen and oxygen atoms in total. The Morgan fingerprint density at radius 1 is 1.10 bits per heavy atom. The highest BCUT2D eigenvalue weighted by Crippen LogP contribution is 2.11. The molecule has 1 aromatic rings. The van der Waals surface area contributed by atoms with Gasteiger partial charge in [-0.2, -0.15) is 0 Å². The lowest BCUT2D eigenvalue weighted by molar-refractivity contribution is -0.132. The Bertz CT molecular complexity index is 413. The third-order valence-corrected chi connectivity index (χ3v) is 4.01. The van der Waals surface area contributed by atoms with Gasteiger partial charge in [-0.15, -0.1) is 0 Å². The predicted molar refractivity (Wildman–Crippen MR) is 85.8 cm³/mol. The van der Waals surface area contributed by atoms with Crippen LogP contribution in [0.5, 0.6) is 0 Å². The number of hydrogen-bond donors (Lipinski definition) is 1. The molecule has 0 radical (unpaired) electrons. The van der Waals surface area contributed by atoms with Crippen LogP contribution in [0.1, 0.15) is 31.2 Å². The van der Waals surface area contributed by atoms with Crippen molar-refractivity contribution >= 4 is 5.91 Å². The van der Waals surface area contributed by atoms with Crippen molar-refractivity contribution in [3.63, 3.8) is 0 Å². The first-order valence-electron chi connectivity index (χ1n) is 8.03. The summed E-state index contributed by atoms with van der Waals surface area (Å²) in [7, 11) is 0. The molecule has 1 aliphatic heterocycles. The summed E-state index contributed by atoms with van der Waals surface area (Å²) in [6.07, 6.45) is 4.78. The van der Waals surface area contributed by atoms with Gasteiger partial charge in [0.2, 0.25) is 5.91 Å². The summed E-state index contributed by atoms with van der Waals surface area (Å²) in [4.78, 5) is 16.7. The van der Waals surface area contributed by atoms with Crippen LogP contribution in [0.2, 0.25) is 0 Å². The Morgan fingerprint density at radius 2 is 1.76 bits per heavy atom. The molecule has 2 N–H and O–H groups in total. The molecule has 0 bridgehead atoms. The SMILES string of the molecule is NCCN(CC(=O)N1CCCCCC1)Cc1ccccc1. The van der Waals surface area contributed by atoms with Gasteiger partial charge in [-0.3, -0.25) is 9.69 Å². The number of rotatable bonds is 6. The van der Waals surface area contributed by atoms with Crippen molar-refractivity contribution in [2.24, 2.45) is 5.73 Å². The molecule has 116 valence electrons. The monoisotopic (exact) mass is 289 g/mol. The second kappa shape index (κ2) is 8.80. The lowest BCUT2D eigenvalue weighted by atomic mass is 10.2. The summed E-state index contributed by atoms with van der Waals surface area (Å²) >= 11 is 0. The summed E-state index contributed by atoms with van der Waals surface area (Å²) in [5, 5.41) is 0. The zero-order chi connectivity index (χ0) is 14.9. The molecular weight excluding hydrogens is 262 g/mol. The summed E-state index contributed by atoms with van der Waals surface area (Å²) in [6, 6.07) is 10.3. The number of carbonyl (C=O) groups is 1. The first-order valence-corrected chi connectivity index (χ1v) is 8.03. The standard InChI is InChI=1S/C17H27N3O/c18-10-13-19(14-16-8-4-3-5-9-16)15-17(21)20-11-6-1-2-7-12-20/h3-5,8-9H,1-2,6-7,10-15,18H2. The first kappa shape index (κ1) is 16.0. The van der Waals surface area contributed by atoms with Gasteiger partial charge in [-0.05, 0) is 18.4 Å². The summed E-state index contributed by atoms with van der Waals surface area (Å²) in [5.74, 6) is 0.251. The maximum atomic E-state index is 12.5. The Morgan fingerprint density at radius 3 is 2.38 bits per heavy atom. The van der Waals surface area contributed by atoms with Crippen molar-refractivity contribution in [1.82, 2.24) is 9.80 Å². The topological polar surface area (TPSA) is 49.6 Å². The maximum Gasteiger partial charge on any atom is 0.236 e. The van der Waals surface area contributed by atoms with Crippen molar-refractivity contribution in [3.8, 4) is 0 Å². The van der Waals surface area contributed by atoms with Crippen molar-refractivity contribution in [1.29, 1.82) is 0 Å². The van der Waals surface area contributed by atoms with E-state index in [1.54, 1.807) is 0 Å². The fourth-order valence-corrected chi connectivity index (χ4v) is 2.85. The van der Waals surface area contributed by atoms with E-state index in [0.29, 0.717) is 13.1 Å². The zero-order valence-corrected chi connectivity index (χ0v) is 12.8. The number of hydrogen-bond acceptors (Lipinski definition) is 3. The number of nitrogens with zero attached hydrogens (tertiary/aromatic N) is 2. The van der Waals surface area contributed by atoms with Crippen LogP contribution in [0.3, 0.4) is 0 Å². The molecule has 1 saturated heterocycles. The molecule has 0 unspecified atom stereocenters. The van der Waals surface area contributed by atoms with E-state index in [2.05, 4.69) is 17.0 Å². The van der Waals surface area contributed by atoms with Crippen molar-refractivity contribution in [2.45, 2.75) is 32.2 Å². The third kappa shape index (κ3) is 5.48. The molecule has 21 heavy (non-hydrogen) atoms. The van der Waals surface area contributed by atoms with E-state index < -0.39 is 0 Å². The molecular formula is C17H27N3O. The molecule has 0 aliphatic carbocycles. The Balaban J connectivity index is 1.90. The van der Waals surface area contributed by atoms with E-state index in [0.717, 1.165) is 39.0 Å². The van der Waals surface area contributed by atoms with Crippen molar-refractivity contribution in [2.75, 3.05) is 32.7 Å². The van der Waals surface area contributed by atoms with Gasteiger partial charge in [-0.1, -0.05) is 43.2 Å². The molecule has 0 aromatic heterocycles. The predicted octanol–water partition coefficient (Wildman–Crippen LogP) is 1.85. The Kier molecular flexibility index (Phi) is 6.70. The molecule has 2 rings (SSSR count). The number of benzene rings is 1. The van der Waals surface area contributed by atoms with E-state index >= 15 is 0 Å². The summed E-state index contributed by atoms with van der Waals surface area (Å²) < 4.78 is 0. The molecule has 1 amide bonds. The largest absolute Gasteiger partial charge is 0.342 e. The molecule has 0 atom stereocenters. The van der Waals surface area contributed by atoms with Crippen LogP contribution in [0.15, 0.2) is 30.3 Å². The fourth-order valence-electron chi connectivity index (χ4n) is 2.85. The van der Waals surface area contributed by atoms with Crippen LogP contribution in [-0.2, 0) is 11.3 Å². The number of nitrogens with two attached hydrogens (primary N) is 1. The van der Waals surface area contributed by atoms with Gasteiger partial charge >= 0.3 is 0 Å². The minimum Gasteiger partial charge on any atom is -0.342 e. The van der Waals surface area contributed by atoms with Gasteiger partial charge < -0.3 is 10.6 Å². The van der Waals surface area contributed by atoms with Gasteiger partial charge in [0.25, 0.3) is 0 Å². The lowest BCUT2D eigenvalue weighted by Gasteiger charge is -2.26. The van der Waals surface area contributed by atoms with Crippen LogP contribution in [0.4, 0.5) is 0 Å². The van der Waals surface area contributed by atoms with E-state index in [9.17, 15) is 4.79 Å². The summed E-state index contributed by atoms with van der Waals surface area (Å²) in [5.41, 5.74) is 6.93. The lowest BCUT2D eigenvalue weighted by Crippen LogP contribution is -2.42. The smallest absolute Gasteiger partial charge is 0.236 e. The quantitative estimate of drug-likeness (QED) is 0.869. The highest BCUT2D eigenvalue weighted by molar-refractivity contribution is 5.78. The Hall–Kier alpha value is -1.39. The average molecular weight is 289 g/mol. The molecule has 0 saturated carbocycles. The van der Waals surface area contributed by atoms with Gasteiger partial charge in [0.05, 0.1) is 6.54 Å². The molecule has 1 aromatic carbocycles. The van der Waals surface area contributed by atoms with Gasteiger partial charge in [0, 0.05) is 32.7 Å². The maximum absolute atomic E-state index is 12.5. The van der Waals surface area contributed by atoms with Crippen LogP contribution < -0.4 is 5.73 Å². The van der Waals surface area contributed by atoms with Crippen molar-refractivity contribution < 1.29 is 4.79 Å². The van der Waals surface area contributed by atoms with Gasteiger partial charge in [-0.25, -0.2) is 0 Å². The van der Waals surface area contributed by atoms with Crippen LogP contribution in [0, 0.1) is 0 Å². The molecule has 1 fully saturated rings. The first-order chi connectivity index (χ1) is 10.3. The van der Waals surface area contributed by atoms with E-state index in [4.69, 9.17) is 5.73 Å². The van der Waals surface area contributed by atoms with E-state index in [-0.39, 0.29) is 5.91 Å². The van der Waals surface area contributed by atoms with Crippen LogP contribution in [0.25, 0.3) is 0 Å².